The van der Waals surface area contributed by atoms with Crippen molar-refractivity contribution in [2.75, 3.05) is 13.1 Å². The lowest BCUT2D eigenvalue weighted by Gasteiger charge is -2.22. The Morgan fingerprint density at radius 3 is 2.57 bits per heavy atom. The Morgan fingerprint density at radius 2 is 2.14 bits per heavy atom. The van der Waals surface area contributed by atoms with Gasteiger partial charge in [0.05, 0.1) is 6.54 Å². The highest BCUT2D eigenvalue weighted by Crippen LogP contribution is 2.21. The van der Waals surface area contributed by atoms with Crippen molar-refractivity contribution >= 4 is 5.91 Å². The monoisotopic (exact) mass is 198 g/mol. The molecule has 82 valence electrons. The third-order valence-corrected chi connectivity index (χ3v) is 2.77. The summed E-state index contributed by atoms with van der Waals surface area (Å²) in [6, 6.07) is 0.806. The number of hydrogen-bond donors (Lipinski definition) is 1. The van der Waals surface area contributed by atoms with E-state index in [0.29, 0.717) is 24.5 Å². The molecule has 3 nitrogen and oxygen atoms in total. The van der Waals surface area contributed by atoms with Crippen LogP contribution in [0.25, 0.3) is 0 Å². The number of rotatable bonds is 3. The number of amides is 1. The molecule has 0 aromatic rings. The molecule has 14 heavy (non-hydrogen) atoms. The molecule has 1 heterocycles. The first-order valence-corrected chi connectivity index (χ1v) is 5.53. The van der Waals surface area contributed by atoms with Crippen molar-refractivity contribution in [3.8, 4) is 0 Å². The van der Waals surface area contributed by atoms with Crippen LogP contribution in [0.15, 0.2) is 0 Å². The van der Waals surface area contributed by atoms with Crippen molar-refractivity contribution in [1.82, 2.24) is 10.2 Å². The van der Waals surface area contributed by atoms with Gasteiger partial charge in [-0.1, -0.05) is 20.8 Å². The van der Waals surface area contributed by atoms with E-state index in [1.54, 1.807) is 0 Å². The van der Waals surface area contributed by atoms with Gasteiger partial charge >= 0.3 is 0 Å². The number of hydrogen-bond acceptors (Lipinski definition) is 2. The summed E-state index contributed by atoms with van der Waals surface area (Å²) in [4.78, 5) is 13.8. The van der Waals surface area contributed by atoms with Gasteiger partial charge in [-0.2, -0.15) is 0 Å². The zero-order valence-electron chi connectivity index (χ0n) is 9.71. The van der Waals surface area contributed by atoms with Crippen molar-refractivity contribution in [2.45, 2.75) is 46.2 Å². The molecule has 1 N–H and O–H groups in total. The zero-order valence-corrected chi connectivity index (χ0v) is 9.71. The van der Waals surface area contributed by atoms with E-state index in [2.05, 4.69) is 33.0 Å². The average molecular weight is 198 g/mol. The molecule has 0 saturated carbocycles. The van der Waals surface area contributed by atoms with E-state index < -0.39 is 0 Å². The van der Waals surface area contributed by atoms with Crippen molar-refractivity contribution in [2.24, 2.45) is 5.92 Å². The van der Waals surface area contributed by atoms with E-state index in [-0.39, 0.29) is 5.91 Å². The van der Waals surface area contributed by atoms with Crippen LogP contribution in [0.3, 0.4) is 0 Å². The predicted molar refractivity (Wildman–Crippen MR) is 58.1 cm³/mol. The first-order valence-electron chi connectivity index (χ1n) is 5.53. The molecule has 2 unspecified atom stereocenters. The maximum absolute atomic E-state index is 11.8. The third kappa shape index (κ3) is 2.98. The average Bonchev–Trinajstić information content (AvgIpc) is 2.41. The summed E-state index contributed by atoms with van der Waals surface area (Å²) < 4.78 is 0. The first-order chi connectivity index (χ1) is 6.50. The summed E-state index contributed by atoms with van der Waals surface area (Å²) in [6.45, 7) is 9.87. The van der Waals surface area contributed by atoms with Gasteiger partial charge in [0.1, 0.15) is 0 Å². The Kier molecular flexibility index (Phi) is 3.93. The smallest absolute Gasteiger partial charge is 0.236 e. The quantitative estimate of drug-likeness (QED) is 0.740. The lowest BCUT2D eigenvalue weighted by molar-refractivity contribution is -0.130. The second-order valence-corrected chi connectivity index (χ2v) is 4.77. The molecule has 1 aliphatic rings. The number of nitrogens with zero attached hydrogens (tertiary/aromatic N) is 1. The highest BCUT2D eigenvalue weighted by atomic mass is 16.2. The minimum absolute atomic E-state index is 0.246. The van der Waals surface area contributed by atoms with Gasteiger partial charge in [-0.3, -0.25) is 4.79 Å². The fraction of sp³-hybridized carbons (Fsp3) is 0.909. The number of likely N-dealkylation sites (tertiary alicyclic amines) is 1. The van der Waals surface area contributed by atoms with Crippen LogP contribution >= 0.6 is 0 Å². The molecule has 0 aromatic carbocycles. The topological polar surface area (TPSA) is 32.3 Å². The molecule has 1 saturated heterocycles. The minimum Gasteiger partial charge on any atom is -0.339 e. The van der Waals surface area contributed by atoms with Gasteiger partial charge in [0.15, 0.2) is 0 Å². The fourth-order valence-electron chi connectivity index (χ4n) is 2.04. The maximum Gasteiger partial charge on any atom is 0.236 e. The van der Waals surface area contributed by atoms with Crippen LogP contribution < -0.4 is 5.32 Å². The lowest BCUT2D eigenvalue weighted by atomic mass is 10.1. The van der Waals surface area contributed by atoms with Crippen LogP contribution in [-0.2, 0) is 4.79 Å². The SMILES string of the molecule is CC1CC(C)N(C(=O)CNC(C)C)C1. The molecular formula is C11H22N2O. The largest absolute Gasteiger partial charge is 0.339 e. The molecule has 1 rings (SSSR count). The van der Waals surface area contributed by atoms with E-state index in [9.17, 15) is 4.79 Å². The summed E-state index contributed by atoms with van der Waals surface area (Å²) in [5.74, 6) is 0.906. The Labute approximate surface area is 86.9 Å². The van der Waals surface area contributed by atoms with Gasteiger partial charge in [-0.15, -0.1) is 0 Å². The lowest BCUT2D eigenvalue weighted by Crippen LogP contribution is -2.41. The molecule has 0 radical (unpaired) electrons. The Morgan fingerprint density at radius 1 is 1.50 bits per heavy atom. The van der Waals surface area contributed by atoms with E-state index in [1.807, 2.05) is 4.90 Å². The van der Waals surface area contributed by atoms with E-state index >= 15 is 0 Å². The number of nitrogens with one attached hydrogen (secondary N) is 1. The number of carbonyl (C=O) groups is 1. The van der Waals surface area contributed by atoms with Crippen LogP contribution in [0.1, 0.15) is 34.1 Å². The van der Waals surface area contributed by atoms with Gasteiger partial charge in [0.25, 0.3) is 0 Å². The first kappa shape index (κ1) is 11.5. The van der Waals surface area contributed by atoms with Crippen LogP contribution in [0.2, 0.25) is 0 Å². The van der Waals surface area contributed by atoms with Gasteiger partial charge in [-0.25, -0.2) is 0 Å². The van der Waals surface area contributed by atoms with Crippen molar-refractivity contribution in [3.05, 3.63) is 0 Å². The number of carbonyl (C=O) groups excluding carboxylic acids is 1. The summed E-state index contributed by atoms with van der Waals surface area (Å²) in [5.41, 5.74) is 0. The van der Waals surface area contributed by atoms with E-state index in [1.165, 1.54) is 0 Å². The maximum atomic E-state index is 11.8. The van der Waals surface area contributed by atoms with Gasteiger partial charge in [0, 0.05) is 18.6 Å². The Bertz CT molecular complexity index is 203. The predicted octanol–water partition coefficient (Wildman–Crippen LogP) is 1.24. The highest BCUT2D eigenvalue weighted by Gasteiger charge is 2.29. The van der Waals surface area contributed by atoms with Crippen LogP contribution in [-0.4, -0.2) is 36.0 Å². The Balaban J connectivity index is 2.37. The Hall–Kier alpha value is -0.570. The molecule has 1 amide bonds. The molecule has 3 heteroatoms. The molecule has 0 aromatic heterocycles. The zero-order chi connectivity index (χ0) is 10.7. The second-order valence-electron chi connectivity index (χ2n) is 4.77. The standard InChI is InChI=1S/C11H22N2O/c1-8(2)12-6-11(14)13-7-9(3)5-10(13)4/h8-10,12H,5-7H2,1-4H3. The van der Waals surface area contributed by atoms with Gasteiger partial charge in [0.2, 0.25) is 5.91 Å². The summed E-state index contributed by atoms with van der Waals surface area (Å²) in [5, 5.41) is 3.17. The van der Waals surface area contributed by atoms with Crippen molar-refractivity contribution < 1.29 is 4.79 Å². The molecule has 1 fully saturated rings. The summed E-state index contributed by atoms with van der Waals surface area (Å²) in [7, 11) is 0. The van der Waals surface area contributed by atoms with Gasteiger partial charge < -0.3 is 10.2 Å². The van der Waals surface area contributed by atoms with Gasteiger partial charge in [-0.05, 0) is 19.3 Å². The summed E-state index contributed by atoms with van der Waals surface area (Å²) >= 11 is 0. The van der Waals surface area contributed by atoms with Crippen molar-refractivity contribution in [1.29, 1.82) is 0 Å². The highest BCUT2D eigenvalue weighted by molar-refractivity contribution is 5.78. The molecule has 1 aliphatic heterocycles. The van der Waals surface area contributed by atoms with E-state index in [4.69, 9.17) is 0 Å². The third-order valence-electron chi connectivity index (χ3n) is 2.77. The molecular weight excluding hydrogens is 176 g/mol. The van der Waals surface area contributed by atoms with Crippen molar-refractivity contribution in [3.63, 3.8) is 0 Å². The normalized spacial score (nSPS) is 27.4. The second kappa shape index (κ2) is 4.78. The van der Waals surface area contributed by atoms with Crippen LogP contribution in [0.5, 0.6) is 0 Å². The van der Waals surface area contributed by atoms with Crippen LogP contribution in [0.4, 0.5) is 0 Å². The fourth-order valence-corrected chi connectivity index (χ4v) is 2.04. The minimum atomic E-state index is 0.246. The van der Waals surface area contributed by atoms with Crippen LogP contribution in [0, 0.1) is 5.92 Å². The summed E-state index contributed by atoms with van der Waals surface area (Å²) in [6.07, 6.45) is 1.15. The molecule has 0 spiro atoms. The molecule has 0 bridgehead atoms. The molecule has 0 aliphatic carbocycles. The molecule has 2 atom stereocenters. The van der Waals surface area contributed by atoms with E-state index in [0.717, 1.165) is 13.0 Å².